The van der Waals surface area contributed by atoms with E-state index in [4.69, 9.17) is 4.74 Å². The SMILES string of the molecule is C=C(C)C(=O)Sc1ccc(/C=C/OCc2ccc(SC(=O)C(=C)C)cc2)cc1. The number of thioether (sulfide) groups is 2. The van der Waals surface area contributed by atoms with Crippen molar-refractivity contribution in [3.05, 3.63) is 90.2 Å². The fourth-order valence-electron chi connectivity index (χ4n) is 1.96. The van der Waals surface area contributed by atoms with Crippen molar-refractivity contribution in [1.29, 1.82) is 0 Å². The van der Waals surface area contributed by atoms with Gasteiger partial charge in [0.15, 0.2) is 0 Å². The van der Waals surface area contributed by atoms with Crippen LogP contribution < -0.4 is 0 Å². The zero-order chi connectivity index (χ0) is 20.5. The second-order valence-electron chi connectivity index (χ2n) is 6.17. The van der Waals surface area contributed by atoms with Gasteiger partial charge in [0, 0.05) is 9.79 Å². The Morgan fingerprint density at radius 1 is 0.857 bits per heavy atom. The molecule has 5 heteroatoms. The highest BCUT2D eigenvalue weighted by Gasteiger charge is 2.06. The van der Waals surface area contributed by atoms with Crippen molar-refractivity contribution in [3.8, 4) is 0 Å². The maximum atomic E-state index is 11.7. The number of carbonyl (C=O) groups is 2. The minimum atomic E-state index is -0.0277. The van der Waals surface area contributed by atoms with Crippen LogP contribution in [-0.2, 0) is 20.9 Å². The Balaban J connectivity index is 1.81. The van der Waals surface area contributed by atoms with Gasteiger partial charge in [-0.25, -0.2) is 0 Å². The largest absolute Gasteiger partial charge is 0.496 e. The monoisotopic (exact) mass is 410 g/mol. The molecule has 0 heterocycles. The summed E-state index contributed by atoms with van der Waals surface area (Å²) in [6.45, 7) is 11.2. The zero-order valence-corrected chi connectivity index (χ0v) is 17.6. The molecule has 0 bridgehead atoms. The first-order chi connectivity index (χ1) is 13.3. The minimum absolute atomic E-state index is 0.0275. The van der Waals surface area contributed by atoms with Gasteiger partial charge in [0.2, 0.25) is 10.2 Å². The number of benzene rings is 2. The summed E-state index contributed by atoms with van der Waals surface area (Å²) < 4.78 is 5.57. The average Bonchev–Trinajstić information content (AvgIpc) is 2.67. The molecule has 28 heavy (non-hydrogen) atoms. The molecule has 0 aliphatic heterocycles. The van der Waals surface area contributed by atoms with Crippen LogP contribution in [0, 0.1) is 0 Å². The van der Waals surface area contributed by atoms with Crippen LogP contribution >= 0.6 is 23.5 Å². The van der Waals surface area contributed by atoms with Crippen LogP contribution in [0.2, 0.25) is 0 Å². The second-order valence-corrected chi connectivity index (χ2v) is 8.26. The van der Waals surface area contributed by atoms with Crippen LogP contribution in [0.1, 0.15) is 25.0 Å². The van der Waals surface area contributed by atoms with E-state index >= 15 is 0 Å². The Labute approximate surface area is 174 Å². The smallest absolute Gasteiger partial charge is 0.219 e. The van der Waals surface area contributed by atoms with Crippen molar-refractivity contribution in [3.63, 3.8) is 0 Å². The standard InChI is InChI=1S/C23H22O3S2/c1-16(2)22(24)27-20-9-5-18(6-10-20)13-14-26-15-19-7-11-21(12-8-19)28-23(25)17(3)4/h5-14H,1,3,15H2,2,4H3/b14-13+. The summed E-state index contributed by atoms with van der Waals surface area (Å²) in [4.78, 5) is 25.1. The lowest BCUT2D eigenvalue weighted by Crippen LogP contribution is -1.91. The lowest BCUT2D eigenvalue weighted by Gasteiger charge is -2.04. The Morgan fingerprint density at radius 2 is 1.32 bits per heavy atom. The molecule has 2 rings (SSSR count). The Bertz CT molecular complexity index is 894. The predicted octanol–water partition coefficient (Wildman–Crippen LogP) is 6.26. The quantitative estimate of drug-likeness (QED) is 0.292. The first kappa shape index (κ1) is 21.8. The number of ether oxygens (including phenoxy) is 1. The van der Waals surface area contributed by atoms with Crippen molar-refractivity contribution in [2.75, 3.05) is 0 Å². The fraction of sp³-hybridized carbons (Fsp3) is 0.130. The van der Waals surface area contributed by atoms with Crippen molar-refractivity contribution < 1.29 is 14.3 Å². The van der Waals surface area contributed by atoms with Gasteiger partial charge in [-0.15, -0.1) is 0 Å². The molecule has 144 valence electrons. The van der Waals surface area contributed by atoms with E-state index in [1.165, 1.54) is 23.5 Å². The van der Waals surface area contributed by atoms with Gasteiger partial charge in [0.25, 0.3) is 0 Å². The van der Waals surface area contributed by atoms with Gasteiger partial charge in [-0.1, -0.05) is 37.4 Å². The highest BCUT2D eigenvalue weighted by Crippen LogP contribution is 2.23. The molecule has 0 radical (unpaired) electrons. The highest BCUT2D eigenvalue weighted by molar-refractivity contribution is 8.14. The topological polar surface area (TPSA) is 43.4 Å². The first-order valence-electron chi connectivity index (χ1n) is 8.57. The molecule has 2 aromatic carbocycles. The van der Waals surface area contributed by atoms with E-state index in [9.17, 15) is 9.59 Å². The molecule has 0 aromatic heterocycles. The van der Waals surface area contributed by atoms with E-state index in [1.807, 2.05) is 54.6 Å². The van der Waals surface area contributed by atoms with Gasteiger partial charge < -0.3 is 4.74 Å². The third-order valence-corrected chi connectivity index (χ3v) is 5.61. The third-order valence-electron chi connectivity index (χ3n) is 3.53. The maximum absolute atomic E-state index is 11.7. The number of hydrogen-bond acceptors (Lipinski definition) is 5. The van der Waals surface area contributed by atoms with Crippen molar-refractivity contribution in [2.45, 2.75) is 30.2 Å². The summed E-state index contributed by atoms with van der Waals surface area (Å²) >= 11 is 2.34. The molecule has 0 fully saturated rings. The van der Waals surface area contributed by atoms with Crippen LogP contribution in [0.5, 0.6) is 0 Å². The van der Waals surface area contributed by atoms with E-state index < -0.39 is 0 Å². The summed E-state index contributed by atoms with van der Waals surface area (Å²) in [6, 6.07) is 15.3. The Hall–Kier alpha value is -2.50. The average molecular weight is 411 g/mol. The van der Waals surface area contributed by atoms with Crippen LogP contribution in [0.4, 0.5) is 0 Å². The van der Waals surface area contributed by atoms with E-state index in [1.54, 1.807) is 20.1 Å². The molecule has 0 saturated carbocycles. The van der Waals surface area contributed by atoms with E-state index in [0.29, 0.717) is 17.8 Å². The van der Waals surface area contributed by atoms with Crippen LogP contribution in [-0.4, -0.2) is 10.2 Å². The lowest BCUT2D eigenvalue weighted by molar-refractivity contribution is -0.108. The summed E-state index contributed by atoms with van der Waals surface area (Å²) in [5.41, 5.74) is 3.08. The molecule has 0 saturated heterocycles. The molecular weight excluding hydrogens is 388 g/mol. The molecule has 2 aromatic rings. The normalized spacial score (nSPS) is 10.6. The van der Waals surface area contributed by atoms with Gasteiger partial charge in [0.1, 0.15) is 6.61 Å². The minimum Gasteiger partial charge on any atom is -0.496 e. The molecule has 0 aliphatic rings. The van der Waals surface area contributed by atoms with Crippen LogP contribution in [0.15, 0.2) is 88.9 Å². The molecular formula is C23H22O3S2. The Morgan fingerprint density at radius 3 is 1.79 bits per heavy atom. The molecule has 0 N–H and O–H groups in total. The van der Waals surface area contributed by atoms with E-state index in [-0.39, 0.29) is 10.2 Å². The van der Waals surface area contributed by atoms with Crippen LogP contribution in [0.3, 0.4) is 0 Å². The molecule has 0 atom stereocenters. The third kappa shape index (κ3) is 7.25. The Kier molecular flexibility index (Phi) is 8.36. The number of hydrogen-bond donors (Lipinski definition) is 0. The fourth-order valence-corrected chi connectivity index (χ4v) is 3.28. The van der Waals surface area contributed by atoms with Gasteiger partial charge in [-0.3, -0.25) is 9.59 Å². The molecule has 0 unspecified atom stereocenters. The molecule has 0 amide bonds. The lowest BCUT2D eigenvalue weighted by atomic mass is 10.2. The number of carbonyl (C=O) groups excluding carboxylic acids is 2. The van der Waals surface area contributed by atoms with Crippen molar-refractivity contribution in [2.24, 2.45) is 0 Å². The van der Waals surface area contributed by atoms with Crippen molar-refractivity contribution >= 4 is 39.8 Å². The van der Waals surface area contributed by atoms with Gasteiger partial charge in [-0.05, 0) is 90.0 Å². The molecule has 0 aliphatic carbocycles. The second kappa shape index (κ2) is 10.7. The predicted molar refractivity (Wildman–Crippen MR) is 118 cm³/mol. The zero-order valence-electron chi connectivity index (χ0n) is 15.9. The van der Waals surface area contributed by atoms with Crippen molar-refractivity contribution in [1.82, 2.24) is 0 Å². The maximum Gasteiger partial charge on any atom is 0.219 e. The van der Waals surface area contributed by atoms with E-state index in [2.05, 4.69) is 13.2 Å². The van der Waals surface area contributed by atoms with Gasteiger partial charge >= 0.3 is 0 Å². The highest BCUT2D eigenvalue weighted by atomic mass is 32.2. The first-order valence-corrected chi connectivity index (χ1v) is 10.2. The molecule has 3 nitrogen and oxygen atoms in total. The summed E-state index contributed by atoms with van der Waals surface area (Å²) in [5, 5.41) is -0.0552. The van der Waals surface area contributed by atoms with Crippen LogP contribution in [0.25, 0.3) is 6.08 Å². The number of rotatable bonds is 8. The van der Waals surface area contributed by atoms with Gasteiger partial charge in [-0.2, -0.15) is 0 Å². The molecule has 0 spiro atoms. The summed E-state index contributed by atoms with van der Waals surface area (Å²) in [7, 11) is 0. The van der Waals surface area contributed by atoms with Gasteiger partial charge in [0.05, 0.1) is 6.26 Å². The summed E-state index contributed by atoms with van der Waals surface area (Å²) in [6.07, 6.45) is 3.51. The summed E-state index contributed by atoms with van der Waals surface area (Å²) in [5.74, 6) is 0. The van der Waals surface area contributed by atoms with E-state index in [0.717, 1.165) is 20.9 Å².